The van der Waals surface area contributed by atoms with Crippen LogP contribution in [0.1, 0.15) is 33.1 Å². The smallest absolute Gasteiger partial charge is 0.279 e. The van der Waals surface area contributed by atoms with E-state index in [1.807, 2.05) is 0 Å². The number of hydrogen-bond donors (Lipinski definition) is 2. The fourth-order valence-corrected chi connectivity index (χ4v) is 3.84. The van der Waals surface area contributed by atoms with Crippen LogP contribution in [-0.2, 0) is 10.2 Å². The van der Waals surface area contributed by atoms with Crippen molar-refractivity contribution >= 4 is 10.2 Å². The molecule has 6 heteroatoms. The lowest BCUT2D eigenvalue weighted by molar-refractivity contribution is 0.169. The van der Waals surface area contributed by atoms with Gasteiger partial charge in [-0.2, -0.15) is 12.7 Å². The Hall–Kier alpha value is -0.170. The van der Waals surface area contributed by atoms with Crippen LogP contribution in [0.4, 0.5) is 0 Å². The molecule has 1 aliphatic carbocycles. The van der Waals surface area contributed by atoms with Gasteiger partial charge in [0.15, 0.2) is 0 Å². The van der Waals surface area contributed by atoms with Gasteiger partial charge in [-0.25, -0.2) is 4.72 Å². The Labute approximate surface area is 110 Å². The van der Waals surface area contributed by atoms with E-state index < -0.39 is 10.2 Å². The molecule has 2 N–H and O–H groups in total. The number of nitrogens with zero attached hydrogens (tertiary/aromatic N) is 1. The third-order valence-electron chi connectivity index (χ3n) is 4.40. The lowest BCUT2D eigenvalue weighted by Crippen LogP contribution is -2.46. The van der Waals surface area contributed by atoms with E-state index in [1.165, 1.54) is 4.31 Å². The van der Waals surface area contributed by atoms with Crippen molar-refractivity contribution in [3.05, 3.63) is 0 Å². The molecule has 1 heterocycles. The van der Waals surface area contributed by atoms with Crippen molar-refractivity contribution < 1.29 is 13.5 Å². The molecular weight excluding hydrogens is 252 g/mol. The van der Waals surface area contributed by atoms with Crippen molar-refractivity contribution in [2.24, 2.45) is 17.3 Å². The van der Waals surface area contributed by atoms with Gasteiger partial charge in [0.2, 0.25) is 0 Å². The van der Waals surface area contributed by atoms with E-state index in [0.717, 1.165) is 19.3 Å². The highest BCUT2D eigenvalue weighted by Gasteiger charge is 2.45. The third kappa shape index (κ3) is 3.23. The molecule has 0 spiro atoms. The maximum atomic E-state index is 12.1. The maximum Gasteiger partial charge on any atom is 0.279 e. The summed E-state index contributed by atoms with van der Waals surface area (Å²) in [6.45, 7) is 6.09. The topological polar surface area (TPSA) is 69.6 Å². The van der Waals surface area contributed by atoms with Gasteiger partial charge in [-0.15, -0.1) is 0 Å². The molecule has 0 aromatic rings. The van der Waals surface area contributed by atoms with Gasteiger partial charge in [0.05, 0.1) is 0 Å². The molecule has 106 valence electrons. The Balaban J connectivity index is 1.80. The molecule has 0 bridgehead atoms. The Morgan fingerprint density at radius 3 is 2.33 bits per heavy atom. The summed E-state index contributed by atoms with van der Waals surface area (Å²) in [5.74, 6) is 0.737. The first-order valence-electron chi connectivity index (χ1n) is 6.71. The Morgan fingerprint density at radius 2 is 1.89 bits per heavy atom. The summed E-state index contributed by atoms with van der Waals surface area (Å²) in [6, 6.07) is 0. The summed E-state index contributed by atoms with van der Waals surface area (Å²) in [5, 5.41) is 9.04. The first-order chi connectivity index (χ1) is 8.35. The molecule has 2 rings (SSSR count). The van der Waals surface area contributed by atoms with Crippen molar-refractivity contribution in [1.82, 2.24) is 9.03 Å². The fraction of sp³-hybridized carbons (Fsp3) is 1.00. The molecule has 1 unspecified atom stereocenters. The maximum absolute atomic E-state index is 12.1. The van der Waals surface area contributed by atoms with Crippen LogP contribution in [0.5, 0.6) is 0 Å². The highest BCUT2D eigenvalue weighted by Crippen LogP contribution is 2.51. The average Bonchev–Trinajstić information content (AvgIpc) is 2.95. The van der Waals surface area contributed by atoms with Gasteiger partial charge in [-0.3, -0.25) is 0 Å². The van der Waals surface area contributed by atoms with Gasteiger partial charge in [-0.05, 0) is 36.5 Å². The van der Waals surface area contributed by atoms with Crippen LogP contribution < -0.4 is 4.72 Å². The molecule has 0 aromatic heterocycles. The number of aliphatic hydroxyl groups is 1. The molecule has 1 saturated heterocycles. The predicted octanol–water partition coefficient (Wildman–Crippen LogP) is 0.571. The zero-order valence-corrected chi connectivity index (χ0v) is 12.0. The monoisotopic (exact) mass is 276 g/mol. The quantitative estimate of drug-likeness (QED) is 0.771. The molecule has 5 nitrogen and oxygen atoms in total. The van der Waals surface area contributed by atoms with Crippen LogP contribution in [0.3, 0.4) is 0 Å². The Morgan fingerprint density at radius 1 is 1.33 bits per heavy atom. The molecule has 0 amide bonds. The standard InChI is InChI=1S/C12H24N2O3S/c1-12(2)7-11(12)8-13-18(16,17)14-5-3-10(9-15)4-6-14/h10-11,13,15H,3-9H2,1-2H3. The van der Waals surface area contributed by atoms with E-state index in [-0.39, 0.29) is 12.5 Å². The van der Waals surface area contributed by atoms with E-state index >= 15 is 0 Å². The van der Waals surface area contributed by atoms with Crippen LogP contribution in [0, 0.1) is 17.3 Å². The number of hydrogen-bond acceptors (Lipinski definition) is 3. The lowest BCUT2D eigenvalue weighted by Gasteiger charge is -2.30. The van der Waals surface area contributed by atoms with E-state index in [2.05, 4.69) is 18.6 Å². The predicted molar refractivity (Wildman–Crippen MR) is 70.2 cm³/mol. The van der Waals surface area contributed by atoms with Crippen LogP contribution in [0.15, 0.2) is 0 Å². The fourth-order valence-electron chi connectivity index (χ4n) is 2.55. The highest BCUT2D eigenvalue weighted by molar-refractivity contribution is 7.87. The summed E-state index contributed by atoms with van der Waals surface area (Å²) in [6.07, 6.45) is 2.61. The van der Waals surface area contributed by atoms with Crippen LogP contribution in [-0.4, -0.2) is 44.1 Å². The third-order valence-corrected chi connectivity index (χ3v) is 5.98. The van der Waals surface area contributed by atoms with Crippen molar-refractivity contribution in [3.8, 4) is 0 Å². The second kappa shape index (κ2) is 5.07. The summed E-state index contributed by atoms with van der Waals surface area (Å²) < 4.78 is 28.4. The van der Waals surface area contributed by atoms with Crippen molar-refractivity contribution in [2.45, 2.75) is 33.1 Å². The second-order valence-electron chi connectivity index (χ2n) is 6.27. The lowest BCUT2D eigenvalue weighted by atomic mass is 10.00. The van der Waals surface area contributed by atoms with E-state index in [4.69, 9.17) is 5.11 Å². The summed E-state index contributed by atoms with van der Waals surface area (Å²) in [5.41, 5.74) is 0.298. The van der Waals surface area contributed by atoms with E-state index in [1.54, 1.807) is 0 Å². The highest BCUT2D eigenvalue weighted by atomic mass is 32.2. The first kappa shape index (κ1) is 14.2. The Kier molecular flexibility index (Phi) is 4.02. The van der Waals surface area contributed by atoms with Crippen molar-refractivity contribution in [1.29, 1.82) is 0 Å². The summed E-state index contributed by atoms with van der Waals surface area (Å²) in [7, 11) is -3.32. The van der Waals surface area contributed by atoms with E-state index in [0.29, 0.717) is 31.0 Å². The minimum atomic E-state index is -3.32. The zero-order valence-electron chi connectivity index (χ0n) is 11.2. The molecule has 2 fully saturated rings. The summed E-state index contributed by atoms with van der Waals surface area (Å²) in [4.78, 5) is 0. The molecule has 0 aromatic carbocycles. The van der Waals surface area contributed by atoms with Gasteiger partial charge in [0.1, 0.15) is 0 Å². The van der Waals surface area contributed by atoms with Crippen LogP contribution in [0.25, 0.3) is 0 Å². The van der Waals surface area contributed by atoms with Crippen molar-refractivity contribution in [2.75, 3.05) is 26.2 Å². The SMILES string of the molecule is CC1(C)CC1CNS(=O)(=O)N1CCC(CO)CC1. The average molecular weight is 276 g/mol. The number of rotatable bonds is 5. The minimum absolute atomic E-state index is 0.164. The number of aliphatic hydroxyl groups excluding tert-OH is 1. The second-order valence-corrected chi connectivity index (χ2v) is 8.02. The molecule has 0 radical (unpaired) electrons. The van der Waals surface area contributed by atoms with Gasteiger partial charge in [-0.1, -0.05) is 13.8 Å². The van der Waals surface area contributed by atoms with Gasteiger partial charge < -0.3 is 5.11 Å². The number of piperidine rings is 1. The Bertz CT molecular complexity index is 386. The van der Waals surface area contributed by atoms with Gasteiger partial charge in [0, 0.05) is 26.2 Å². The molecule has 1 saturated carbocycles. The minimum Gasteiger partial charge on any atom is -0.396 e. The zero-order chi connectivity index (χ0) is 13.4. The summed E-state index contributed by atoms with van der Waals surface area (Å²) >= 11 is 0. The van der Waals surface area contributed by atoms with Crippen LogP contribution >= 0.6 is 0 Å². The largest absolute Gasteiger partial charge is 0.396 e. The molecule has 1 atom stereocenters. The molecular formula is C12H24N2O3S. The van der Waals surface area contributed by atoms with E-state index in [9.17, 15) is 8.42 Å². The first-order valence-corrected chi connectivity index (χ1v) is 8.15. The van der Waals surface area contributed by atoms with Gasteiger partial charge >= 0.3 is 0 Å². The molecule has 2 aliphatic rings. The normalized spacial score (nSPS) is 29.4. The van der Waals surface area contributed by atoms with Gasteiger partial charge in [0.25, 0.3) is 10.2 Å². The van der Waals surface area contributed by atoms with Crippen molar-refractivity contribution in [3.63, 3.8) is 0 Å². The number of nitrogens with one attached hydrogen (secondary N) is 1. The van der Waals surface area contributed by atoms with Crippen LogP contribution in [0.2, 0.25) is 0 Å². The molecule has 1 aliphatic heterocycles. The molecule has 18 heavy (non-hydrogen) atoms.